The maximum absolute atomic E-state index is 15.5. The largest absolute Gasteiger partial charge is 0.369 e. The van der Waals surface area contributed by atoms with E-state index in [0.29, 0.717) is 5.56 Å². The molecule has 2 aliphatic heterocycles. The number of guanidine groups is 1. The van der Waals surface area contributed by atoms with Crippen molar-refractivity contribution in [2.45, 2.75) is 43.9 Å². The maximum atomic E-state index is 15.5. The number of Topliss-reactive ketones (excluding diaryl/α,β-unsaturated/α-hetero) is 1. The molecule has 4 rings (SSSR count). The standard InChI is InChI=1S/C25H31F2N5O5S2/c1-16(2)14-38(34,35)32-10-9-25(15-32)24(3,30-23(28)31(4)39(25,36)37)19-11-17(5-7-20(19)27)12-22(33)21-8-6-18(26)13-29-21/h5-8,11,13,16H,9-10,12,14-15H2,1-4H3,(H2,28,30)/t24-,25+/m1/s1. The maximum Gasteiger partial charge on any atom is 0.247 e. The summed E-state index contributed by atoms with van der Waals surface area (Å²) in [5.41, 5.74) is 4.39. The molecule has 1 aromatic heterocycles. The minimum atomic E-state index is -4.34. The number of ketones is 1. The Hall–Kier alpha value is -2.97. The highest BCUT2D eigenvalue weighted by atomic mass is 32.2. The van der Waals surface area contributed by atoms with E-state index in [2.05, 4.69) is 9.98 Å². The second-order valence-corrected chi connectivity index (χ2v) is 14.8. The molecule has 0 bridgehead atoms. The Morgan fingerprint density at radius 2 is 1.90 bits per heavy atom. The van der Waals surface area contributed by atoms with Crippen LogP contribution in [0.25, 0.3) is 0 Å². The first-order valence-corrected chi connectivity index (χ1v) is 15.3. The van der Waals surface area contributed by atoms with Gasteiger partial charge >= 0.3 is 0 Å². The van der Waals surface area contributed by atoms with Gasteiger partial charge in [-0.15, -0.1) is 0 Å². The van der Waals surface area contributed by atoms with Gasteiger partial charge < -0.3 is 5.73 Å². The number of halogens is 2. The fraction of sp³-hybridized carbons (Fsp3) is 0.480. The van der Waals surface area contributed by atoms with Gasteiger partial charge in [0.25, 0.3) is 0 Å². The molecule has 0 radical (unpaired) electrons. The van der Waals surface area contributed by atoms with Gasteiger partial charge in [-0.3, -0.25) is 9.78 Å². The van der Waals surface area contributed by atoms with E-state index in [0.717, 1.165) is 26.9 Å². The lowest BCUT2D eigenvalue weighted by Crippen LogP contribution is -2.66. The molecule has 0 aliphatic carbocycles. The topological polar surface area (TPSA) is 143 Å². The minimum Gasteiger partial charge on any atom is -0.369 e. The Morgan fingerprint density at radius 1 is 1.21 bits per heavy atom. The normalized spacial score (nSPS) is 25.3. The van der Waals surface area contributed by atoms with Gasteiger partial charge in [0.15, 0.2) is 5.78 Å². The second-order valence-electron chi connectivity index (χ2n) is 10.5. The number of benzene rings is 1. The highest BCUT2D eigenvalue weighted by Gasteiger charge is 2.67. The van der Waals surface area contributed by atoms with Crippen LogP contribution in [0.3, 0.4) is 0 Å². The van der Waals surface area contributed by atoms with E-state index in [4.69, 9.17) is 5.73 Å². The van der Waals surface area contributed by atoms with Gasteiger partial charge in [-0.25, -0.2) is 39.2 Å². The number of rotatable bonds is 7. The molecule has 1 saturated heterocycles. The van der Waals surface area contributed by atoms with Crippen LogP contribution in [0.5, 0.6) is 0 Å². The van der Waals surface area contributed by atoms with Crippen LogP contribution in [0.2, 0.25) is 0 Å². The van der Waals surface area contributed by atoms with Gasteiger partial charge in [0, 0.05) is 32.1 Å². The molecule has 2 aromatic rings. The highest BCUT2D eigenvalue weighted by Crippen LogP contribution is 2.52. The van der Waals surface area contributed by atoms with Gasteiger partial charge in [0.05, 0.1) is 11.9 Å². The molecule has 2 aliphatic rings. The lowest BCUT2D eigenvalue weighted by molar-refractivity contribution is 0.0988. The molecule has 14 heteroatoms. The lowest BCUT2D eigenvalue weighted by atomic mass is 9.77. The molecule has 2 atom stereocenters. The zero-order valence-electron chi connectivity index (χ0n) is 22.1. The molecule has 0 unspecified atom stereocenters. The van der Waals surface area contributed by atoms with Crippen LogP contribution in [-0.4, -0.2) is 72.8 Å². The van der Waals surface area contributed by atoms with E-state index in [1.165, 1.54) is 32.2 Å². The predicted octanol–water partition coefficient (Wildman–Crippen LogP) is 2.02. The SMILES string of the molecule is CC(C)CS(=O)(=O)N1CC[C@]2(C1)[C@@](C)(c1cc(CC(=O)c3ccc(F)cn3)ccc1F)N=C(N)N(C)S2(=O)=O. The number of aliphatic imine (C=N–C) groups is 1. The molecular weight excluding hydrogens is 552 g/mol. The lowest BCUT2D eigenvalue weighted by Gasteiger charge is -2.48. The summed E-state index contributed by atoms with van der Waals surface area (Å²) < 4.78 is 82.9. The van der Waals surface area contributed by atoms with Gasteiger partial charge in [0.2, 0.25) is 26.0 Å². The number of aromatic nitrogens is 1. The van der Waals surface area contributed by atoms with Crippen LogP contribution in [0.15, 0.2) is 41.5 Å². The molecule has 10 nitrogen and oxygen atoms in total. The summed E-state index contributed by atoms with van der Waals surface area (Å²) in [7, 11) is -6.93. The quantitative estimate of drug-likeness (QED) is 0.491. The number of carbonyl (C=O) groups excluding carboxylic acids is 1. The number of nitrogens with two attached hydrogens (primary N) is 1. The minimum absolute atomic E-state index is 0.0101. The molecule has 1 spiro atoms. The molecule has 0 amide bonds. The average molecular weight is 584 g/mol. The van der Waals surface area contributed by atoms with Gasteiger partial charge in [-0.2, -0.15) is 0 Å². The first-order chi connectivity index (χ1) is 18.0. The van der Waals surface area contributed by atoms with Gasteiger partial charge in [-0.1, -0.05) is 19.9 Å². The first kappa shape index (κ1) is 29.0. The van der Waals surface area contributed by atoms with Crippen LogP contribution >= 0.6 is 0 Å². The summed E-state index contributed by atoms with van der Waals surface area (Å²) >= 11 is 0. The van der Waals surface area contributed by atoms with Crippen molar-refractivity contribution in [2.75, 3.05) is 25.9 Å². The van der Waals surface area contributed by atoms with E-state index in [9.17, 15) is 26.0 Å². The van der Waals surface area contributed by atoms with Crippen molar-refractivity contribution in [3.63, 3.8) is 0 Å². The summed E-state index contributed by atoms with van der Waals surface area (Å²) in [5.74, 6) is -2.59. The van der Waals surface area contributed by atoms with Crippen LogP contribution in [0, 0.1) is 17.6 Å². The number of hydrogen-bond acceptors (Lipinski definition) is 8. The smallest absolute Gasteiger partial charge is 0.247 e. The summed E-state index contributed by atoms with van der Waals surface area (Å²) in [6.45, 7) is 4.38. The van der Waals surface area contributed by atoms with E-state index in [-0.39, 0.29) is 48.3 Å². The van der Waals surface area contributed by atoms with Crippen LogP contribution in [-0.2, 0) is 32.0 Å². The molecule has 3 heterocycles. The zero-order valence-corrected chi connectivity index (χ0v) is 23.7. The zero-order chi connectivity index (χ0) is 29.0. The Balaban J connectivity index is 1.82. The third-order valence-electron chi connectivity index (χ3n) is 7.47. The summed E-state index contributed by atoms with van der Waals surface area (Å²) in [6, 6.07) is 6.16. The number of hydrogen-bond donors (Lipinski definition) is 1. The van der Waals surface area contributed by atoms with E-state index in [1.54, 1.807) is 13.8 Å². The average Bonchev–Trinajstić information content (AvgIpc) is 3.32. The van der Waals surface area contributed by atoms with E-state index in [1.807, 2.05) is 0 Å². The molecule has 212 valence electrons. The second kappa shape index (κ2) is 9.89. The fourth-order valence-corrected chi connectivity index (χ4v) is 9.39. The van der Waals surface area contributed by atoms with E-state index >= 15 is 4.39 Å². The Kier molecular flexibility index (Phi) is 7.36. The molecular formula is C25H31F2N5O5S2. The number of pyridine rings is 1. The highest BCUT2D eigenvalue weighted by molar-refractivity contribution is 7.91. The fourth-order valence-electron chi connectivity index (χ4n) is 5.34. The van der Waals surface area contributed by atoms with Crippen molar-refractivity contribution in [1.82, 2.24) is 13.6 Å². The third-order valence-corrected chi connectivity index (χ3v) is 12.3. The Bertz CT molecular complexity index is 1550. The molecule has 39 heavy (non-hydrogen) atoms. The van der Waals surface area contributed by atoms with Crippen molar-refractivity contribution in [3.05, 3.63) is 65.0 Å². The third kappa shape index (κ3) is 4.82. The molecule has 2 N–H and O–H groups in total. The van der Waals surface area contributed by atoms with Crippen molar-refractivity contribution in [1.29, 1.82) is 0 Å². The Labute approximate surface area is 227 Å². The number of sulfonamides is 2. The molecule has 1 fully saturated rings. The number of nitrogens with zero attached hydrogens (tertiary/aromatic N) is 4. The summed E-state index contributed by atoms with van der Waals surface area (Å²) in [6.07, 6.45) is 0.538. The number of carbonyl (C=O) groups is 1. The van der Waals surface area contributed by atoms with Gasteiger partial charge in [-0.05, 0) is 49.1 Å². The van der Waals surface area contributed by atoms with Crippen molar-refractivity contribution < 1.29 is 30.4 Å². The first-order valence-electron chi connectivity index (χ1n) is 12.3. The van der Waals surface area contributed by atoms with Crippen molar-refractivity contribution in [3.8, 4) is 0 Å². The molecule has 1 aromatic carbocycles. The van der Waals surface area contributed by atoms with Crippen molar-refractivity contribution in [2.24, 2.45) is 16.6 Å². The van der Waals surface area contributed by atoms with Crippen molar-refractivity contribution >= 4 is 31.8 Å². The summed E-state index contributed by atoms with van der Waals surface area (Å²) in [5, 5.41) is 0. The van der Waals surface area contributed by atoms with Crippen LogP contribution in [0.4, 0.5) is 8.78 Å². The molecule has 0 saturated carbocycles. The monoisotopic (exact) mass is 583 g/mol. The predicted molar refractivity (Wildman–Crippen MR) is 142 cm³/mol. The van der Waals surface area contributed by atoms with Crippen LogP contribution in [0.1, 0.15) is 48.8 Å². The van der Waals surface area contributed by atoms with Crippen LogP contribution < -0.4 is 5.73 Å². The summed E-state index contributed by atoms with van der Waals surface area (Å²) in [4.78, 5) is 21.0. The Morgan fingerprint density at radius 3 is 2.51 bits per heavy atom. The van der Waals surface area contributed by atoms with E-state index < -0.39 is 54.3 Å². The van der Waals surface area contributed by atoms with Gasteiger partial charge in [0.1, 0.15) is 27.6 Å².